The molecule has 0 aliphatic carbocycles. The Morgan fingerprint density at radius 2 is 2.17 bits per heavy atom. The third-order valence-corrected chi connectivity index (χ3v) is 4.34. The molecule has 2 heterocycles. The zero-order chi connectivity index (χ0) is 8.39. The van der Waals surface area contributed by atoms with E-state index in [1.54, 1.807) is 0 Å². The van der Waals surface area contributed by atoms with Crippen LogP contribution in [0.3, 0.4) is 0 Å². The molecule has 70 valence electrons. The van der Waals surface area contributed by atoms with E-state index in [9.17, 15) is 0 Å². The minimum absolute atomic E-state index is 0.790. The van der Waals surface area contributed by atoms with Crippen LogP contribution in [0.15, 0.2) is 0 Å². The fourth-order valence-electron chi connectivity index (χ4n) is 2.03. The third kappa shape index (κ3) is 1.95. The Morgan fingerprint density at radius 3 is 2.67 bits per heavy atom. The van der Waals surface area contributed by atoms with Gasteiger partial charge in [0.25, 0.3) is 0 Å². The molecule has 2 fully saturated rings. The molecule has 2 rings (SSSR count). The smallest absolute Gasteiger partial charge is 0.00256 e. The SMILES string of the molecule is NCC1CCN(CC2CSC2)C1. The second-order valence-electron chi connectivity index (χ2n) is 4.05. The molecule has 3 heteroatoms. The molecule has 1 unspecified atom stereocenters. The molecule has 2 N–H and O–H groups in total. The first-order valence-electron chi connectivity index (χ1n) is 4.88. The fourth-order valence-corrected chi connectivity index (χ4v) is 2.81. The van der Waals surface area contributed by atoms with Gasteiger partial charge in [-0.25, -0.2) is 0 Å². The summed E-state index contributed by atoms with van der Waals surface area (Å²) in [5.41, 5.74) is 5.64. The monoisotopic (exact) mass is 186 g/mol. The highest BCUT2D eigenvalue weighted by Crippen LogP contribution is 2.27. The predicted molar refractivity (Wildman–Crippen MR) is 54.4 cm³/mol. The molecular formula is C9H18N2S. The molecular weight excluding hydrogens is 168 g/mol. The maximum atomic E-state index is 5.64. The van der Waals surface area contributed by atoms with Crippen LogP contribution in [-0.4, -0.2) is 42.6 Å². The molecule has 2 nitrogen and oxygen atoms in total. The Morgan fingerprint density at radius 1 is 1.33 bits per heavy atom. The Balaban J connectivity index is 1.68. The van der Waals surface area contributed by atoms with Gasteiger partial charge in [-0.3, -0.25) is 0 Å². The number of rotatable bonds is 3. The van der Waals surface area contributed by atoms with Gasteiger partial charge in [-0.15, -0.1) is 0 Å². The lowest BCUT2D eigenvalue weighted by Crippen LogP contribution is -2.34. The third-order valence-electron chi connectivity index (χ3n) is 2.93. The van der Waals surface area contributed by atoms with Gasteiger partial charge in [0, 0.05) is 13.1 Å². The van der Waals surface area contributed by atoms with E-state index >= 15 is 0 Å². The maximum Gasteiger partial charge on any atom is 0.00256 e. The molecule has 0 bridgehead atoms. The minimum Gasteiger partial charge on any atom is -0.330 e. The van der Waals surface area contributed by atoms with Crippen molar-refractivity contribution < 1.29 is 0 Å². The lowest BCUT2D eigenvalue weighted by Gasteiger charge is -2.29. The Bertz CT molecular complexity index is 147. The summed E-state index contributed by atoms with van der Waals surface area (Å²) in [6, 6.07) is 0. The molecule has 2 aliphatic heterocycles. The Hall–Kier alpha value is 0.270. The molecule has 2 aliphatic rings. The van der Waals surface area contributed by atoms with Crippen LogP contribution in [0.25, 0.3) is 0 Å². The molecule has 0 amide bonds. The van der Waals surface area contributed by atoms with Crippen molar-refractivity contribution >= 4 is 11.8 Å². The maximum absolute atomic E-state index is 5.64. The molecule has 12 heavy (non-hydrogen) atoms. The van der Waals surface area contributed by atoms with Gasteiger partial charge >= 0.3 is 0 Å². The summed E-state index contributed by atoms with van der Waals surface area (Å²) in [6.45, 7) is 4.78. The van der Waals surface area contributed by atoms with E-state index in [4.69, 9.17) is 5.73 Å². The topological polar surface area (TPSA) is 29.3 Å². The van der Waals surface area contributed by atoms with E-state index in [1.165, 1.54) is 37.6 Å². The van der Waals surface area contributed by atoms with E-state index in [0.717, 1.165) is 18.4 Å². The summed E-state index contributed by atoms with van der Waals surface area (Å²) in [6.07, 6.45) is 1.33. The molecule has 0 saturated carbocycles. The second kappa shape index (κ2) is 3.99. The predicted octanol–water partition coefficient (Wildman–Crippen LogP) is 0.630. The zero-order valence-corrected chi connectivity index (χ0v) is 8.35. The van der Waals surface area contributed by atoms with Crippen LogP contribution in [0.4, 0.5) is 0 Å². The molecule has 0 aromatic carbocycles. The average molecular weight is 186 g/mol. The molecule has 2 saturated heterocycles. The number of nitrogens with two attached hydrogens (primary N) is 1. The van der Waals surface area contributed by atoms with E-state index in [0.29, 0.717) is 0 Å². The molecule has 0 aromatic rings. The molecule has 0 spiro atoms. The van der Waals surface area contributed by atoms with Gasteiger partial charge in [-0.2, -0.15) is 11.8 Å². The van der Waals surface area contributed by atoms with Gasteiger partial charge in [0.05, 0.1) is 0 Å². The standard InChI is InChI=1S/C9H18N2S/c10-3-8-1-2-11(4-8)5-9-6-12-7-9/h8-9H,1-7,10H2. The van der Waals surface area contributed by atoms with Crippen molar-refractivity contribution in [3.63, 3.8) is 0 Å². The quantitative estimate of drug-likeness (QED) is 0.701. The van der Waals surface area contributed by atoms with Crippen molar-refractivity contribution in [1.29, 1.82) is 0 Å². The van der Waals surface area contributed by atoms with Crippen molar-refractivity contribution in [3.05, 3.63) is 0 Å². The van der Waals surface area contributed by atoms with E-state index in [2.05, 4.69) is 16.7 Å². The van der Waals surface area contributed by atoms with Crippen LogP contribution in [0.1, 0.15) is 6.42 Å². The van der Waals surface area contributed by atoms with Crippen molar-refractivity contribution in [3.8, 4) is 0 Å². The van der Waals surface area contributed by atoms with Gasteiger partial charge in [0.1, 0.15) is 0 Å². The number of nitrogens with zero attached hydrogens (tertiary/aromatic N) is 1. The highest BCUT2D eigenvalue weighted by atomic mass is 32.2. The van der Waals surface area contributed by atoms with Crippen LogP contribution < -0.4 is 5.73 Å². The largest absolute Gasteiger partial charge is 0.330 e. The Labute approximate surface area is 78.9 Å². The molecule has 0 aromatic heterocycles. The normalized spacial score (nSPS) is 32.2. The summed E-state index contributed by atoms with van der Waals surface area (Å²) in [5, 5.41) is 0. The summed E-state index contributed by atoms with van der Waals surface area (Å²) in [4.78, 5) is 2.60. The van der Waals surface area contributed by atoms with Crippen molar-refractivity contribution in [2.75, 3.05) is 37.7 Å². The fraction of sp³-hybridized carbons (Fsp3) is 1.00. The van der Waals surface area contributed by atoms with Gasteiger partial charge in [0.15, 0.2) is 0 Å². The lowest BCUT2D eigenvalue weighted by atomic mass is 10.1. The van der Waals surface area contributed by atoms with Gasteiger partial charge < -0.3 is 10.6 Å². The van der Waals surface area contributed by atoms with E-state index in [-0.39, 0.29) is 0 Å². The van der Waals surface area contributed by atoms with Crippen LogP contribution in [0, 0.1) is 11.8 Å². The van der Waals surface area contributed by atoms with Crippen LogP contribution in [0.2, 0.25) is 0 Å². The first kappa shape index (κ1) is 8.85. The van der Waals surface area contributed by atoms with Crippen LogP contribution >= 0.6 is 11.8 Å². The minimum atomic E-state index is 0.790. The number of likely N-dealkylation sites (tertiary alicyclic amines) is 1. The van der Waals surface area contributed by atoms with E-state index < -0.39 is 0 Å². The summed E-state index contributed by atoms with van der Waals surface area (Å²) in [5.74, 6) is 4.57. The first-order chi connectivity index (χ1) is 5.88. The number of hydrogen-bond acceptors (Lipinski definition) is 3. The highest BCUT2D eigenvalue weighted by Gasteiger charge is 2.26. The molecule has 0 radical (unpaired) electrons. The van der Waals surface area contributed by atoms with Crippen molar-refractivity contribution in [2.45, 2.75) is 6.42 Å². The first-order valence-corrected chi connectivity index (χ1v) is 6.04. The summed E-state index contributed by atoms with van der Waals surface area (Å²) in [7, 11) is 0. The van der Waals surface area contributed by atoms with E-state index in [1.807, 2.05) is 0 Å². The zero-order valence-electron chi connectivity index (χ0n) is 7.54. The van der Waals surface area contributed by atoms with Gasteiger partial charge in [-0.1, -0.05) is 0 Å². The number of hydrogen-bond donors (Lipinski definition) is 1. The lowest BCUT2D eigenvalue weighted by molar-refractivity contribution is 0.287. The number of thioether (sulfide) groups is 1. The van der Waals surface area contributed by atoms with Gasteiger partial charge in [0.2, 0.25) is 0 Å². The van der Waals surface area contributed by atoms with Crippen molar-refractivity contribution in [1.82, 2.24) is 4.90 Å². The van der Waals surface area contributed by atoms with Crippen LogP contribution in [0.5, 0.6) is 0 Å². The highest BCUT2D eigenvalue weighted by molar-refractivity contribution is 8.00. The van der Waals surface area contributed by atoms with Gasteiger partial charge in [-0.05, 0) is 42.9 Å². The van der Waals surface area contributed by atoms with Crippen molar-refractivity contribution in [2.24, 2.45) is 17.6 Å². The Kier molecular flexibility index (Phi) is 2.94. The summed E-state index contributed by atoms with van der Waals surface area (Å²) >= 11 is 2.08. The second-order valence-corrected chi connectivity index (χ2v) is 5.13. The summed E-state index contributed by atoms with van der Waals surface area (Å²) < 4.78 is 0. The average Bonchev–Trinajstić information content (AvgIpc) is 2.44. The molecule has 1 atom stereocenters. The van der Waals surface area contributed by atoms with Crippen LogP contribution in [-0.2, 0) is 0 Å².